The largest absolute Gasteiger partial charge is 0.472 e. The third kappa shape index (κ3) is 23.8. The van der Waals surface area contributed by atoms with Crippen LogP contribution in [0.25, 0.3) is 0 Å². The number of hydrogen-bond acceptors (Lipinski definition) is 3. The van der Waals surface area contributed by atoms with Crippen LogP contribution in [-0.4, -0.2) is 0 Å². The van der Waals surface area contributed by atoms with E-state index in [-0.39, 0.29) is 32.5 Å². The quantitative estimate of drug-likeness (QED) is 0.225. The normalized spacial score (nSPS) is 16.0. The summed E-state index contributed by atoms with van der Waals surface area (Å²) in [5.41, 5.74) is 16.0. The van der Waals surface area contributed by atoms with Crippen LogP contribution in [0.5, 0.6) is 0 Å². The van der Waals surface area contributed by atoms with Crippen molar-refractivity contribution >= 4 is 0 Å². The Morgan fingerprint density at radius 2 is 0.692 bits per heavy atom. The van der Waals surface area contributed by atoms with Crippen LogP contribution in [0.1, 0.15) is 302 Å². The number of rotatable bonds is 0. The van der Waals surface area contributed by atoms with Crippen LogP contribution in [0.3, 0.4) is 0 Å². The number of allylic oxidation sites excluding steroid dienone is 12. The summed E-state index contributed by atoms with van der Waals surface area (Å²) in [7, 11) is 0. The molecule has 0 aromatic carbocycles. The molecule has 3 heterocycles. The van der Waals surface area contributed by atoms with E-state index >= 15 is 0 Å². The second-order valence-electron chi connectivity index (χ2n) is 35.1. The van der Waals surface area contributed by atoms with Crippen molar-refractivity contribution in [3.05, 3.63) is 141 Å². The van der Waals surface area contributed by atoms with Gasteiger partial charge in [-0.1, -0.05) is 302 Å². The summed E-state index contributed by atoms with van der Waals surface area (Å²) < 4.78 is 16.7. The maximum Gasteiger partial charge on any atom is 0.109 e. The van der Waals surface area contributed by atoms with Gasteiger partial charge in [0.25, 0.3) is 0 Å². The average molecular weight is 1080 g/mol. The van der Waals surface area contributed by atoms with Crippen LogP contribution in [0.4, 0.5) is 0 Å². The van der Waals surface area contributed by atoms with Gasteiger partial charge >= 0.3 is 0 Å². The van der Waals surface area contributed by atoms with E-state index in [9.17, 15) is 0 Å². The molecular formula is C75H126O3. The maximum atomic E-state index is 5.81. The maximum absolute atomic E-state index is 5.81. The Kier molecular flexibility index (Phi) is 23.7. The van der Waals surface area contributed by atoms with Gasteiger partial charge in [0.15, 0.2) is 0 Å². The minimum atomic E-state index is 0.115. The summed E-state index contributed by atoms with van der Waals surface area (Å²) in [5, 5.41) is 0. The molecule has 3 nitrogen and oxygen atoms in total. The summed E-state index contributed by atoms with van der Waals surface area (Å²) in [6.07, 6.45) is 23.2. The molecule has 0 spiro atoms. The van der Waals surface area contributed by atoms with E-state index in [0.717, 1.165) is 30.1 Å². The van der Waals surface area contributed by atoms with E-state index in [0.29, 0.717) is 32.5 Å². The fourth-order valence-corrected chi connectivity index (χ4v) is 8.79. The van der Waals surface area contributed by atoms with Gasteiger partial charge in [0.1, 0.15) is 17.3 Å². The lowest BCUT2D eigenvalue weighted by molar-refractivity contribution is 0.344. The smallest absolute Gasteiger partial charge is 0.109 e. The van der Waals surface area contributed by atoms with Crippen LogP contribution in [0.2, 0.25) is 0 Å². The molecule has 0 radical (unpaired) electrons. The van der Waals surface area contributed by atoms with Gasteiger partial charge in [-0.15, -0.1) is 0 Å². The molecule has 3 aromatic rings. The Morgan fingerprint density at radius 1 is 0.333 bits per heavy atom. The topological polar surface area (TPSA) is 39.4 Å². The number of hydrogen-bond donors (Lipinski definition) is 0. The molecule has 3 aromatic heterocycles. The van der Waals surface area contributed by atoms with Crippen molar-refractivity contribution in [1.29, 1.82) is 0 Å². The minimum absolute atomic E-state index is 0.115. The molecule has 3 aliphatic rings. The van der Waals surface area contributed by atoms with Crippen molar-refractivity contribution in [3.8, 4) is 0 Å². The van der Waals surface area contributed by atoms with Crippen molar-refractivity contribution in [3.63, 3.8) is 0 Å². The Labute approximate surface area is 485 Å². The molecule has 0 N–H and O–H groups in total. The average Bonchev–Trinajstić information content (AvgIpc) is 4.06. The molecule has 444 valence electrons. The fraction of sp³-hybridized carbons (Fsp3) is 0.680. The van der Waals surface area contributed by atoms with Crippen molar-refractivity contribution in [2.45, 2.75) is 301 Å². The van der Waals surface area contributed by atoms with E-state index in [1.54, 1.807) is 27.9 Å². The Bertz CT molecular complexity index is 2330. The molecule has 0 unspecified atom stereocenters. The molecule has 0 aliphatic heterocycles. The molecule has 78 heavy (non-hydrogen) atoms. The Morgan fingerprint density at radius 3 is 0.897 bits per heavy atom. The predicted molar refractivity (Wildman–Crippen MR) is 347 cm³/mol. The fourth-order valence-electron chi connectivity index (χ4n) is 8.79. The Balaban J connectivity index is 0.000000468. The summed E-state index contributed by atoms with van der Waals surface area (Å²) in [5.74, 6) is 3.20. The SMILES string of the molecule is CC(C)(C)C1=CC=C(C(C)(C)C)C1.CC(C)(C)C1=CCC(C(C)(C)C)=C1.CC(C)(C)C1=CCC=C1C(C)(C)C.CC(C)(C)c1ccc(C(C)(C)C)o1.CC(C)(C)c1coc(C(C)(C)C)c1.CC(C)(C)c1cocc1C(C)(C)C. The predicted octanol–water partition coefficient (Wildman–Crippen LogP) is 24.6. The highest BCUT2D eigenvalue weighted by Gasteiger charge is 2.31. The van der Waals surface area contributed by atoms with Crippen molar-refractivity contribution < 1.29 is 13.3 Å². The van der Waals surface area contributed by atoms with Gasteiger partial charge in [0.05, 0.1) is 18.8 Å². The summed E-state index contributed by atoms with van der Waals surface area (Å²) >= 11 is 0. The minimum Gasteiger partial charge on any atom is -0.472 e. The van der Waals surface area contributed by atoms with Gasteiger partial charge in [-0.3, -0.25) is 0 Å². The monoisotopic (exact) mass is 1070 g/mol. The van der Waals surface area contributed by atoms with Crippen molar-refractivity contribution in [2.75, 3.05) is 0 Å². The van der Waals surface area contributed by atoms with Crippen LogP contribution in [0, 0.1) is 32.5 Å². The Hall–Kier alpha value is -3.72. The van der Waals surface area contributed by atoms with Crippen molar-refractivity contribution in [1.82, 2.24) is 0 Å². The van der Waals surface area contributed by atoms with Gasteiger partial charge in [-0.25, -0.2) is 0 Å². The lowest BCUT2D eigenvalue weighted by Crippen LogP contribution is -2.19. The molecule has 6 rings (SSSR count). The lowest BCUT2D eigenvalue weighted by Gasteiger charge is -2.31. The van der Waals surface area contributed by atoms with E-state index < -0.39 is 0 Å². The molecule has 0 fully saturated rings. The van der Waals surface area contributed by atoms with E-state index in [2.05, 4.69) is 304 Å². The third-order valence-electron chi connectivity index (χ3n) is 14.6. The highest BCUT2D eigenvalue weighted by Crippen LogP contribution is 2.45. The molecule has 0 bridgehead atoms. The highest BCUT2D eigenvalue weighted by atomic mass is 16.3. The van der Waals surface area contributed by atoms with Gasteiger partial charge in [0.2, 0.25) is 0 Å². The van der Waals surface area contributed by atoms with E-state index in [1.807, 2.05) is 18.8 Å². The third-order valence-corrected chi connectivity index (χ3v) is 14.6. The second-order valence-corrected chi connectivity index (χ2v) is 35.1. The molecule has 0 atom stereocenters. The molecule has 3 heteroatoms. The number of furan rings is 3. The van der Waals surface area contributed by atoms with Crippen LogP contribution in [0.15, 0.2) is 120 Å². The lowest BCUT2D eigenvalue weighted by atomic mass is 9.74. The van der Waals surface area contributed by atoms with Crippen LogP contribution < -0.4 is 0 Å². The summed E-state index contributed by atoms with van der Waals surface area (Å²) in [6.45, 7) is 80.6. The van der Waals surface area contributed by atoms with Crippen LogP contribution in [-0.2, 0) is 32.5 Å². The zero-order chi connectivity index (χ0) is 61.7. The van der Waals surface area contributed by atoms with E-state index in [1.165, 1.54) is 28.7 Å². The first-order valence-electron chi connectivity index (χ1n) is 29.8. The first kappa shape index (κ1) is 72.3. The molecule has 3 aliphatic carbocycles. The first-order valence-corrected chi connectivity index (χ1v) is 29.8. The molecular weight excluding hydrogens is 949 g/mol. The highest BCUT2D eigenvalue weighted by molar-refractivity contribution is 5.44. The van der Waals surface area contributed by atoms with Gasteiger partial charge < -0.3 is 13.3 Å². The summed E-state index contributed by atoms with van der Waals surface area (Å²) in [6, 6.07) is 6.33. The van der Waals surface area contributed by atoms with E-state index in [4.69, 9.17) is 13.3 Å². The van der Waals surface area contributed by atoms with Gasteiger partial charge in [0, 0.05) is 16.2 Å². The first-order chi connectivity index (χ1) is 34.3. The van der Waals surface area contributed by atoms with Gasteiger partial charge in [-0.2, -0.15) is 0 Å². The van der Waals surface area contributed by atoms with Crippen molar-refractivity contribution in [2.24, 2.45) is 32.5 Å². The zero-order valence-electron chi connectivity index (χ0n) is 58.3. The second kappa shape index (κ2) is 25.6. The van der Waals surface area contributed by atoms with Crippen LogP contribution >= 0.6 is 0 Å². The summed E-state index contributed by atoms with van der Waals surface area (Å²) in [4.78, 5) is 0. The molecule has 0 saturated heterocycles. The van der Waals surface area contributed by atoms with Gasteiger partial charge in [-0.05, 0) is 120 Å². The molecule has 0 amide bonds. The molecule has 0 saturated carbocycles. The standard InChI is InChI=1S/3C13H22.3C12H20O/c2*1-12(2,3)10-7-8-11(9-10)13(4,5)6;1-12(2,3)10-8-7-9-11(10)13(4,5)6;1-11(2,3)9-7-13-8-10(9)12(4,5)6;1-11(2,3)9-7-10(13-8-9)12(4,5)6;1-11(2,3)9-7-8-10(13-9)12(4,5)6/h7,9H,8H2,1-6H3;7-8H,9H2,1-6H3;8-9H,7H2,1-6H3;3*7-8H,1-6H3. The zero-order valence-corrected chi connectivity index (χ0v) is 58.3.